The van der Waals surface area contributed by atoms with E-state index in [1.807, 2.05) is 0 Å². The van der Waals surface area contributed by atoms with Crippen LogP contribution in [0, 0.1) is 5.82 Å². The van der Waals surface area contributed by atoms with Gasteiger partial charge in [-0.2, -0.15) is 0 Å². The number of carbonyl (C=O) groups excluding carboxylic acids is 1. The number of oxazole rings is 1. The minimum absolute atomic E-state index is 0.103. The Hall–Kier alpha value is -1.92. The van der Waals surface area contributed by atoms with Gasteiger partial charge >= 0.3 is 0 Å². The molecule has 0 spiro atoms. The molecule has 1 aliphatic rings. The van der Waals surface area contributed by atoms with Crippen molar-refractivity contribution < 1.29 is 18.3 Å². The molecular formula is C15H14ClFN2O3. The number of rotatable bonds is 3. The standard InChI is InChI=1S/C15H14ClFN2O3/c1-21-8-13-18-11-7-19(6-5-12(11)22-13)15(20)14-9(16)3-2-4-10(14)17/h2-4H,5-8H2,1H3. The van der Waals surface area contributed by atoms with Gasteiger partial charge in [-0.05, 0) is 12.1 Å². The van der Waals surface area contributed by atoms with Crippen molar-refractivity contribution in [3.05, 3.63) is 51.9 Å². The van der Waals surface area contributed by atoms with Crippen LogP contribution < -0.4 is 0 Å². The van der Waals surface area contributed by atoms with E-state index in [-0.39, 0.29) is 23.7 Å². The van der Waals surface area contributed by atoms with Crippen molar-refractivity contribution in [2.45, 2.75) is 19.6 Å². The summed E-state index contributed by atoms with van der Waals surface area (Å²) in [5, 5.41) is 0.107. The zero-order chi connectivity index (χ0) is 15.7. The third-order valence-electron chi connectivity index (χ3n) is 3.50. The lowest BCUT2D eigenvalue weighted by atomic mass is 10.1. The Morgan fingerprint density at radius 3 is 3.09 bits per heavy atom. The molecule has 2 heterocycles. The third-order valence-corrected chi connectivity index (χ3v) is 3.82. The van der Waals surface area contributed by atoms with E-state index >= 15 is 0 Å². The molecule has 1 amide bonds. The van der Waals surface area contributed by atoms with Gasteiger partial charge in [-0.15, -0.1) is 0 Å². The molecule has 0 saturated carbocycles. The summed E-state index contributed by atoms with van der Waals surface area (Å²) in [6.45, 7) is 0.976. The number of aromatic nitrogens is 1. The minimum Gasteiger partial charge on any atom is -0.443 e. The summed E-state index contributed by atoms with van der Waals surface area (Å²) in [6.07, 6.45) is 0.532. The zero-order valence-electron chi connectivity index (χ0n) is 11.9. The normalized spacial score (nSPS) is 14.0. The van der Waals surface area contributed by atoms with E-state index in [2.05, 4.69) is 4.98 Å². The van der Waals surface area contributed by atoms with Crippen LogP contribution in [0.3, 0.4) is 0 Å². The minimum atomic E-state index is -0.622. The van der Waals surface area contributed by atoms with Crippen LogP contribution in [0.25, 0.3) is 0 Å². The lowest BCUT2D eigenvalue weighted by molar-refractivity contribution is 0.0723. The van der Waals surface area contributed by atoms with Gasteiger partial charge in [0.15, 0.2) is 0 Å². The Balaban J connectivity index is 1.83. The molecule has 2 aromatic rings. The van der Waals surface area contributed by atoms with Gasteiger partial charge in [-0.1, -0.05) is 17.7 Å². The van der Waals surface area contributed by atoms with Crippen molar-refractivity contribution in [2.75, 3.05) is 13.7 Å². The van der Waals surface area contributed by atoms with E-state index < -0.39 is 11.7 Å². The van der Waals surface area contributed by atoms with Crippen LogP contribution in [0.2, 0.25) is 5.02 Å². The molecule has 5 nitrogen and oxygen atoms in total. The fourth-order valence-electron chi connectivity index (χ4n) is 2.47. The molecule has 116 valence electrons. The number of benzene rings is 1. The molecule has 1 aromatic carbocycles. The largest absolute Gasteiger partial charge is 0.443 e. The summed E-state index contributed by atoms with van der Waals surface area (Å²) in [5.41, 5.74) is 0.576. The monoisotopic (exact) mass is 324 g/mol. The van der Waals surface area contributed by atoms with Crippen molar-refractivity contribution in [3.63, 3.8) is 0 Å². The SMILES string of the molecule is COCc1nc2c(o1)CCN(C(=O)c1c(F)cccc1Cl)C2. The summed E-state index contributed by atoms with van der Waals surface area (Å²) in [7, 11) is 1.55. The highest BCUT2D eigenvalue weighted by molar-refractivity contribution is 6.33. The van der Waals surface area contributed by atoms with Gasteiger partial charge in [0, 0.05) is 20.1 Å². The lowest BCUT2D eigenvalue weighted by Crippen LogP contribution is -2.36. The second kappa shape index (κ2) is 6.06. The van der Waals surface area contributed by atoms with Gasteiger partial charge in [0.05, 0.1) is 17.1 Å². The van der Waals surface area contributed by atoms with Gasteiger partial charge in [-0.25, -0.2) is 9.37 Å². The smallest absolute Gasteiger partial charge is 0.258 e. The summed E-state index contributed by atoms with van der Waals surface area (Å²) in [6, 6.07) is 4.19. The maximum atomic E-state index is 13.9. The highest BCUT2D eigenvalue weighted by atomic mass is 35.5. The first-order valence-corrected chi connectivity index (χ1v) is 7.17. The predicted molar refractivity (Wildman–Crippen MR) is 77.1 cm³/mol. The molecular weight excluding hydrogens is 311 g/mol. The van der Waals surface area contributed by atoms with Crippen LogP contribution in [0.1, 0.15) is 27.7 Å². The average molecular weight is 325 g/mol. The van der Waals surface area contributed by atoms with Gasteiger partial charge in [0.2, 0.25) is 5.89 Å². The molecule has 0 saturated heterocycles. The molecule has 7 heteroatoms. The number of carbonyl (C=O) groups is 1. The number of nitrogens with zero attached hydrogens (tertiary/aromatic N) is 2. The second-order valence-electron chi connectivity index (χ2n) is 4.98. The zero-order valence-corrected chi connectivity index (χ0v) is 12.7. The molecule has 1 aliphatic heterocycles. The van der Waals surface area contributed by atoms with E-state index in [1.54, 1.807) is 7.11 Å². The number of hydrogen-bond donors (Lipinski definition) is 0. The molecule has 0 unspecified atom stereocenters. The number of hydrogen-bond acceptors (Lipinski definition) is 4. The van der Waals surface area contributed by atoms with Crippen molar-refractivity contribution in [2.24, 2.45) is 0 Å². The van der Waals surface area contributed by atoms with E-state index in [4.69, 9.17) is 20.8 Å². The number of amides is 1. The maximum Gasteiger partial charge on any atom is 0.258 e. The van der Waals surface area contributed by atoms with Gasteiger partial charge < -0.3 is 14.1 Å². The number of halogens is 2. The highest BCUT2D eigenvalue weighted by Crippen LogP contribution is 2.25. The number of ether oxygens (including phenoxy) is 1. The molecule has 1 aromatic heterocycles. The van der Waals surface area contributed by atoms with Crippen LogP contribution in [-0.4, -0.2) is 29.4 Å². The first-order chi connectivity index (χ1) is 10.6. The summed E-state index contributed by atoms with van der Waals surface area (Å²) in [5.74, 6) is 0.162. The molecule has 3 rings (SSSR count). The van der Waals surface area contributed by atoms with Crippen LogP contribution >= 0.6 is 11.6 Å². The molecule has 0 N–H and O–H groups in total. The molecule has 22 heavy (non-hydrogen) atoms. The van der Waals surface area contributed by atoms with Crippen molar-refractivity contribution in [1.82, 2.24) is 9.88 Å². The average Bonchev–Trinajstić information content (AvgIpc) is 2.88. The summed E-state index contributed by atoms with van der Waals surface area (Å²) in [4.78, 5) is 18.3. The van der Waals surface area contributed by atoms with Gasteiger partial charge in [0.1, 0.15) is 23.9 Å². The van der Waals surface area contributed by atoms with Crippen molar-refractivity contribution in [1.29, 1.82) is 0 Å². The topological polar surface area (TPSA) is 55.6 Å². The van der Waals surface area contributed by atoms with Crippen LogP contribution in [0.4, 0.5) is 4.39 Å². The van der Waals surface area contributed by atoms with Crippen LogP contribution in [0.15, 0.2) is 22.6 Å². The Bertz CT molecular complexity index is 697. The maximum absolute atomic E-state index is 13.9. The molecule has 0 atom stereocenters. The summed E-state index contributed by atoms with van der Waals surface area (Å²) < 4.78 is 24.4. The first kappa shape index (κ1) is 15.0. The fourth-order valence-corrected chi connectivity index (χ4v) is 2.71. The second-order valence-corrected chi connectivity index (χ2v) is 5.39. The number of methoxy groups -OCH3 is 1. The first-order valence-electron chi connectivity index (χ1n) is 6.80. The number of fused-ring (bicyclic) bond motifs is 1. The van der Waals surface area contributed by atoms with E-state index in [0.29, 0.717) is 24.6 Å². The highest BCUT2D eigenvalue weighted by Gasteiger charge is 2.28. The fraction of sp³-hybridized carbons (Fsp3) is 0.333. The Morgan fingerprint density at radius 2 is 2.36 bits per heavy atom. The Kier molecular flexibility index (Phi) is 4.13. The predicted octanol–water partition coefficient (Wildman–Crippen LogP) is 2.81. The van der Waals surface area contributed by atoms with E-state index in [9.17, 15) is 9.18 Å². The molecule has 0 radical (unpaired) electrons. The van der Waals surface area contributed by atoms with Crippen molar-refractivity contribution in [3.8, 4) is 0 Å². The van der Waals surface area contributed by atoms with E-state index in [0.717, 1.165) is 5.76 Å². The molecule has 0 bridgehead atoms. The van der Waals surface area contributed by atoms with Crippen molar-refractivity contribution >= 4 is 17.5 Å². The van der Waals surface area contributed by atoms with Crippen LogP contribution in [-0.2, 0) is 24.3 Å². The summed E-state index contributed by atoms with van der Waals surface area (Å²) >= 11 is 5.95. The Labute approximate surface area is 131 Å². The Morgan fingerprint density at radius 1 is 1.55 bits per heavy atom. The van der Waals surface area contributed by atoms with Gasteiger partial charge in [0.25, 0.3) is 5.91 Å². The quantitative estimate of drug-likeness (QED) is 0.871. The van der Waals surface area contributed by atoms with Gasteiger partial charge in [-0.3, -0.25) is 4.79 Å². The molecule has 0 aliphatic carbocycles. The van der Waals surface area contributed by atoms with Crippen LogP contribution in [0.5, 0.6) is 0 Å². The third kappa shape index (κ3) is 2.71. The van der Waals surface area contributed by atoms with E-state index in [1.165, 1.54) is 23.1 Å². The lowest BCUT2D eigenvalue weighted by Gasteiger charge is -2.25. The molecule has 0 fully saturated rings.